The molecule has 16 heavy (non-hydrogen) atoms. The third kappa shape index (κ3) is 1.86. The highest BCUT2D eigenvalue weighted by molar-refractivity contribution is 5.82. The summed E-state index contributed by atoms with van der Waals surface area (Å²) >= 11 is 0. The van der Waals surface area contributed by atoms with Crippen LogP contribution in [0.15, 0.2) is 0 Å². The molecule has 1 N–H and O–H groups in total. The molecule has 90 valence electrons. The van der Waals surface area contributed by atoms with Gasteiger partial charge >= 0.3 is 0 Å². The maximum atomic E-state index is 12.4. The zero-order chi connectivity index (χ0) is 11.0. The van der Waals surface area contributed by atoms with E-state index in [1.54, 1.807) is 0 Å². The minimum Gasteiger partial charge on any atom is -0.338 e. The van der Waals surface area contributed by atoms with Crippen molar-refractivity contribution in [3.05, 3.63) is 0 Å². The molecule has 0 aromatic heterocycles. The summed E-state index contributed by atoms with van der Waals surface area (Å²) in [7, 11) is 0. The Morgan fingerprint density at radius 1 is 1.06 bits per heavy atom. The lowest BCUT2D eigenvalue weighted by Crippen LogP contribution is -2.57. The van der Waals surface area contributed by atoms with Gasteiger partial charge in [-0.15, -0.1) is 0 Å². The Morgan fingerprint density at radius 3 is 2.44 bits per heavy atom. The van der Waals surface area contributed by atoms with Crippen molar-refractivity contribution in [3.8, 4) is 0 Å². The zero-order valence-corrected chi connectivity index (χ0v) is 9.95. The number of nitrogens with zero attached hydrogens (tertiary/aromatic N) is 1. The van der Waals surface area contributed by atoms with Gasteiger partial charge in [0.25, 0.3) is 0 Å². The molecule has 3 aliphatic heterocycles. The van der Waals surface area contributed by atoms with Crippen LogP contribution < -0.4 is 5.32 Å². The number of carbonyl (C=O) groups excluding carboxylic acids is 1. The van der Waals surface area contributed by atoms with Crippen molar-refractivity contribution in [2.24, 2.45) is 5.92 Å². The molecule has 2 bridgehead atoms. The monoisotopic (exact) mass is 222 g/mol. The van der Waals surface area contributed by atoms with E-state index in [4.69, 9.17) is 0 Å². The van der Waals surface area contributed by atoms with Crippen LogP contribution in [0.5, 0.6) is 0 Å². The van der Waals surface area contributed by atoms with E-state index in [0.717, 1.165) is 25.4 Å². The van der Waals surface area contributed by atoms with Crippen LogP contribution >= 0.6 is 0 Å². The molecule has 1 saturated carbocycles. The first-order chi connectivity index (χ1) is 7.84. The lowest BCUT2D eigenvalue weighted by molar-refractivity contribution is -0.141. The quantitative estimate of drug-likeness (QED) is 0.729. The molecule has 4 aliphatic rings. The van der Waals surface area contributed by atoms with Crippen LogP contribution in [0.25, 0.3) is 0 Å². The molecule has 1 amide bonds. The minimum absolute atomic E-state index is 0.133. The van der Waals surface area contributed by atoms with Crippen LogP contribution in [0, 0.1) is 5.92 Å². The van der Waals surface area contributed by atoms with Gasteiger partial charge in [-0.2, -0.15) is 0 Å². The third-order valence-electron chi connectivity index (χ3n) is 4.60. The second-order valence-corrected chi connectivity index (χ2v) is 5.67. The molecular weight excluding hydrogens is 200 g/mol. The first kappa shape index (κ1) is 10.6. The highest BCUT2D eigenvalue weighted by Gasteiger charge is 2.38. The second-order valence-electron chi connectivity index (χ2n) is 5.67. The Kier molecular flexibility index (Phi) is 2.88. The highest BCUT2D eigenvalue weighted by Crippen LogP contribution is 2.35. The van der Waals surface area contributed by atoms with E-state index >= 15 is 0 Å². The Bertz CT molecular complexity index is 265. The van der Waals surface area contributed by atoms with Crippen LogP contribution in [0.1, 0.15) is 44.9 Å². The molecule has 4 fully saturated rings. The number of nitrogens with one attached hydrogen (secondary N) is 1. The zero-order valence-electron chi connectivity index (χ0n) is 9.95. The van der Waals surface area contributed by atoms with Gasteiger partial charge in [-0.3, -0.25) is 4.79 Å². The first-order valence-electron chi connectivity index (χ1n) is 6.88. The molecule has 0 aromatic rings. The van der Waals surface area contributed by atoms with Crippen LogP contribution in [-0.4, -0.2) is 36.0 Å². The number of rotatable bonds is 1. The van der Waals surface area contributed by atoms with E-state index in [9.17, 15) is 4.79 Å². The maximum absolute atomic E-state index is 12.4. The number of hydrogen-bond donors (Lipinski definition) is 1. The van der Waals surface area contributed by atoms with E-state index in [1.807, 2.05) is 0 Å². The maximum Gasteiger partial charge on any atom is 0.239 e. The molecule has 4 rings (SSSR count). The summed E-state index contributed by atoms with van der Waals surface area (Å²) in [6.07, 6.45) is 8.71. The summed E-state index contributed by atoms with van der Waals surface area (Å²) in [5.74, 6) is 1.20. The van der Waals surface area contributed by atoms with Crippen LogP contribution in [0.2, 0.25) is 0 Å². The van der Waals surface area contributed by atoms with Crippen LogP contribution in [-0.2, 0) is 4.79 Å². The lowest BCUT2D eigenvalue weighted by Gasteiger charge is -2.46. The average Bonchev–Trinajstić information content (AvgIpc) is 2.40. The molecule has 1 aliphatic carbocycles. The highest BCUT2D eigenvalue weighted by atomic mass is 16.2. The molecule has 3 saturated heterocycles. The molecule has 3 heteroatoms. The fourth-order valence-corrected chi connectivity index (χ4v) is 3.60. The smallest absolute Gasteiger partial charge is 0.239 e. The van der Waals surface area contributed by atoms with Gasteiger partial charge in [0, 0.05) is 12.6 Å². The SMILES string of the molecule is O=C([C@H]1CCCCN1)N1CC2CCC1CC2. The fourth-order valence-electron chi connectivity index (χ4n) is 3.60. The van der Waals surface area contributed by atoms with Crippen molar-refractivity contribution in [1.29, 1.82) is 0 Å². The van der Waals surface area contributed by atoms with Crippen molar-refractivity contribution < 1.29 is 4.79 Å². The van der Waals surface area contributed by atoms with Gasteiger partial charge < -0.3 is 10.2 Å². The van der Waals surface area contributed by atoms with Crippen molar-refractivity contribution in [2.75, 3.05) is 13.1 Å². The number of fused-ring (bicyclic) bond motifs is 3. The summed E-state index contributed by atoms with van der Waals surface area (Å²) < 4.78 is 0. The molecule has 1 atom stereocenters. The van der Waals surface area contributed by atoms with Gasteiger partial charge in [-0.05, 0) is 51.0 Å². The Morgan fingerprint density at radius 2 is 1.88 bits per heavy atom. The first-order valence-corrected chi connectivity index (χ1v) is 6.88. The van der Waals surface area contributed by atoms with E-state index in [0.29, 0.717) is 11.9 Å². The number of hydrogen-bond acceptors (Lipinski definition) is 2. The standard InChI is InChI=1S/C13H22N2O/c16-13(12-3-1-2-8-14-12)15-9-10-4-6-11(15)7-5-10/h10-12,14H,1-9H2/t10?,11?,12-/m1/s1. The van der Waals surface area contributed by atoms with Crippen molar-refractivity contribution in [1.82, 2.24) is 10.2 Å². The number of piperidine rings is 3. The van der Waals surface area contributed by atoms with Crippen molar-refractivity contribution in [2.45, 2.75) is 57.0 Å². The average molecular weight is 222 g/mol. The normalized spacial score (nSPS) is 38.8. The number of carbonyl (C=O) groups is 1. The summed E-state index contributed by atoms with van der Waals surface area (Å²) in [4.78, 5) is 14.6. The lowest BCUT2D eigenvalue weighted by atomic mass is 9.79. The van der Waals surface area contributed by atoms with Gasteiger partial charge in [0.2, 0.25) is 5.91 Å². The summed E-state index contributed by atoms with van der Waals surface area (Å²) in [5, 5.41) is 3.38. The molecular formula is C13H22N2O. The van der Waals surface area contributed by atoms with Crippen LogP contribution in [0.4, 0.5) is 0 Å². The van der Waals surface area contributed by atoms with Gasteiger partial charge in [0.05, 0.1) is 6.04 Å². The summed E-state index contributed by atoms with van der Waals surface area (Å²) in [6, 6.07) is 0.703. The third-order valence-corrected chi connectivity index (χ3v) is 4.60. The minimum atomic E-state index is 0.133. The summed E-state index contributed by atoms with van der Waals surface area (Å²) in [5.41, 5.74) is 0. The molecule has 0 radical (unpaired) electrons. The van der Waals surface area contributed by atoms with Crippen molar-refractivity contribution in [3.63, 3.8) is 0 Å². The van der Waals surface area contributed by atoms with E-state index < -0.39 is 0 Å². The predicted molar refractivity (Wildman–Crippen MR) is 63.1 cm³/mol. The predicted octanol–water partition coefficient (Wildman–Crippen LogP) is 1.53. The van der Waals surface area contributed by atoms with Crippen LogP contribution in [0.3, 0.4) is 0 Å². The molecule has 3 nitrogen and oxygen atoms in total. The molecule has 3 heterocycles. The van der Waals surface area contributed by atoms with Gasteiger partial charge in [0.15, 0.2) is 0 Å². The van der Waals surface area contributed by atoms with E-state index in [-0.39, 0.29) is 6.04 Å². The largest absolute Gasteiger partial charge is 0.338 e. The van der Waals surface area contributed by atoms with Gasteiger partial charge in [-0.1, -0.05) is 6.42 Å². The second kappa shape index (κ2) is 4.36. The number of amides is 1. The van der Waals surface area contributed by atoms with E-state index in [2.05, 4.69) is 10.2 Å². The fraction of sp³-hybridized carbons (Fsp3) is 0.923. The Balaban J connectivity index is 1.65. The summed E-state index contributed by atoms with van der Waals surface area (Å²) in [6.45, 7) is 2.07. The van der Waals surface area contributed by atoms with E-state index in [1.165, 1.54) is 38.5 Å². The van der Waals surface area contributed by atoms with Gasteiger partial charge in [0.1, 0.15) is 0 Å². The molecule has 0 spiro atoms. The molecule has 0 aromatic carbocycles. The Hall–Kier alpha value is -0.570. The molecule has 0 unspecified atom stereocenters. The van der Waals surface area contributed by atoms with Gasteiger partial charge in [-0.25, -0.2) is 0 Å². The Labute approximate surface area is 97.6 Å². The topological polar surface area (TPSA) is 32.3 Å². The van der Waals surface area contributed by atoms with Crippen molar-refractivity contribution >= 4 is 5.91 Å².